The predicted molar refractivity (Wildman–Crippen MR) is 91.3 cm³/mol. The number of fused-ring (bicyclic) bond motifs is 1. The van der Waals surface area contributed by atoms with E-state index in [1.807, 2.05) is 13.0 Å². The number of nitrogens with zero attached hydrogens (tertiary/aromatic N) is 3. The second kappa shape index (κ2) is 6.29. The zero-order valence-corrected chi connectivity index (χ0v) is 13.9. The zero-order valence-electron chi connectivity index (χ0n) is 13.9. The molecule has 0 aromatic carbocycles. The smallest absolute Gasteiger partial charge is 0.211 e. The average Bonchev–Trinajstić information content (AvgIpc) is 3.37. The van der Waals surface area contributed by atoms with Crippen molar-refractivity contribution in [2.24, 2.45) is 0 Å². The molecular formula is C18H15N5O3. The number of nitriles is 1. The summed E-state index contributed by atoms with van der Waals surface area (Å²) in [6.07, 6.45) is 3.12. The van der Waals surface area contributed by atoms with E-state index in [9.17, 15) is 5.26 Å². The minimum Gasteiger partial charge on any atom is -0.478 e. The van der Waals surface area contributed by atoms with E-state index in [2.05, 4.69) is 16.0 Å². The molecule has 4 aromatic rings. The molecule has 4 aromatic heterocycles. The van der Waals surface area contributed by atoms with Gasteiger partial charge in [0.1, 0.15) is 28.5 Å². The molecule has 8 nitrogen and oxygen atoms in total. The van der Waals surface area contributed by atoms with Gasteiger partial charge in [0.2, 0.25) is 5.88 Å². The van der Waals surface area contributed by atoms with Crippen LogP contribution in [-0.2, 0) is 6.54 Å². The van der Waals surface area contributed by atoms with E-state index in [1.54, 1.807) is 35.3 Å². The summed E-state index contributed by atoms with van der Waals surface area (Å²) in [5.41, 5.74) is 0.784. The number of aromatic amines is 1. The number of furan rings is 2. The molecule has 0 saturated carbocycles. The summed E-state index contributed by atoms with van der Waals surface area (Å²) in [7, 11) is 0. The van der Waals surface area contributed by atoms with Gasteiger partial charge in [-0.05, 0) is 31.2 Å². The summed E-state index contributed by atoms with van der Waals surface area (Å²) in [6, 6.07) is 9.22. The largest absolute Gasteiger partial charge is 0.478 e. The number of hydrogen-bond acceptors (Lipinski definition) is 6. The Labute approximate surface area is 147 Å². The normalized spacial score (nSPS) is 10.9. The van der Waals surface area contributed by atoms with Crippen LogP contribution in [0, 0.1) is 16.7 Å². The molecule has 0 aliphatic carbocycles. The first-order valence-electron chi connectivity index (χ1n) is 8.03. The second-order valence-electron chi connectivity index (χ2n) is 5.52. The minimum atomic E-state index is 0.122. The van der Waals surface area contributed by atoms with Gasteiger partial charge in [0.05, 0.1) is 31.1 Å². The molecule has 0 atom stereocenters. The molecule has 0 aliphatic heterocycles. The highest BCUT2D eigenvalue weighted by molar-refractivity contribution is 5.85. The molecule has 26 heavy (non-hydrogen) atoms. The lowest BCUT2D eigenvalue weighted by Gasteiger charge is -2.11. The first kappa shape index (κ1) is 15.8. The van der Waals surface area contributed by atoms with Gasteiger partial charge in [-0.3, -0.25) is 9.98 Å². The van der Waals surface area contributed by atoms with E-state index in [1.165, 1.54) is 0 Å². The van der Waals surface area contributed by atoms with Crippen LogP contribution in [0.4, 0.5) is 0 Å². The Kier molecular flexibility index (Phi) is 3.82. The van der Waals surface area contributed by atoms with Crippen molar-refractivity contribution in [2.75, 3.05) is 6.61 Å². The van der Waals surface area contributed by atoms with Crippen LogP contribution in [0.1, 0.15) is 18.2 Å². The molecule has 0 bridgehead atoms. The standard InChI is InChI=1S/C18H15N5O3/c1-2-24-18-12(9-19)14-15(20)23(10-11-5-3-7-25-11)17(21-16(14)22-18)13-6-4-8-26-13/h3-8,20,22H,2,10H2,1H3. The maximum absolute atomic E-state index is 9.55. The molecule has 0 saturated heterocycles. The van der Waals surface area contributed by atoms with Crippen molar-refractivity contribution < 1.29 is 13.6 Å². The Morgan fingerprint density at radius 3 is 2.77 bits per heavy atom. The number of H-pyrrole nitrogens is 1. The van der Waals surface area contributed by atoms with Crippen LogP contribution in [-0.4, -0.2) is 21.1 Å². The lowest BCUT2D eigenvalue weighted by atomic mass is 10.2. The summed E-state index contributed by atoms with van der Waals surface area (Å²) in [5.74, 6) is 1.94. The van der Waals surface area contributed by atoms with Crippen molar-refractivity contribution >= 4 is 11.0 Å². The van der Waals surface area contributed by atoms with Gasteiger partial charge >= 0.3 is 0 Å². The Morgan fingerprint density at radius 1 is 1.31 bits per heavy atom. The van der Waals surface area contributed by atoms with Crippen molar-refractivity contribution in [2.45, 2.75) is 13.5 Å². The van der Waals surface area contributed by atoms with Crippen LogP contribution in [0.2, 0.25) is 0 Å². The SMILES string of the molecule is CCOc1[nH]c2nc(-c3ccco3)n(Cc3ccco3)c(=N)c2c1C#N. The maximum Gasteiger partial charge on any atom is 0.211 e. The summed E-state index contributed by atoms with van der Waals surface area (Å²) < 4.78 is 18.0. The Hall–Kier alpha value is -3.73. The van der Waals surface area contributed by atoms with Gasteiger partial charge in [-0.2, -0.15) is 5.26 Å². The molecule has 130 valence electrons. The average molecular weight is 349 g/mol. The van der Waals surface area contributed by atoms with Crippen LogP contribution in [0.5, 0.6) is 5.88 Å². The van der Waals surface area contributed by atoms with Gasteiger partial charge < -0.3 is 18.6 Å². The summed E-state index contributed by atoms with van der Waals surface area (Å²) >= 11 is 0. The second-order valence-corrected chi connectivity index (χ2v) is 5.52. The molecule has 0 radical (unpaired) electrons. The summed E-state index contributed by atoms with van der Waals surface area (Å²) in [4.78, 5) is 7.58. The Balaban J connectivity index is 2.02. The van der Waals surface area contributed by atoms with Gasteiger partial charge in [-0.1, -0.05) is 0 Å². The third-order valence-corrected chi connectivity index (χ3v) is 3.96. The summed E-state index contributed by atoms with van der Waals surface area (Å²) in [5, 5.41) is 18.6. The number of rotatable bonds is 5. The van der Waals surface area contributed by atoms with Gasteiger partial charge in [0.25, 0.3) is 0 Å². The molecule has 0 fully saturated rings. The number of hydrogen-bond donors (Lipinski definition) is 2. The first-order chi connectivity index (χ1) is 12.7. The molecule has 0 unspecified atom stereocenters. The molecule has 0 aliphatic rings. The van der Waals surface area contributed by atoms with Gasteiger partial charge in [-0.25, -0.2) is 4.98 Å². The highest BCUT2D eigenvalue weighted by Crippen LogP contribution is 2.27. The first-order valence-corrected chi connectivity index (χ1v) is 8.03. The fourth-order valence-corrected chi connectivity index (χ4v) is 2.85. The van der Waals surface area contributed by atoms with Crippen molar-refractivity contribution in [1.82, 2.24) is 14.5 Å². The van der Waals surface area contributed by atoms with Crippen LogP contribution < -0.4 is 10.2 Å². The van der Waals surface area contributed by atoms with Crippen molar-refractivity contribution in [1.29, 1.82) is 10.7 Å². The zero-order chi connectivity index (χ0) is 18.1. The fourth-order valence-electron chi connectivity index (χ4n) is 2.85. The predicted octanol–water partition coefficient (Wildman–Crippen LogP) is 3.02. The quantitative estimate of drug-likeness (QED) is 0.574. The Morgan fingerprint density at radius 2 is 2.12 bits per heavy atom. The molecule has 0 amide bonds. The highest BCUT2D eigenvalue weighted by Gasteiger charge is 2.21. The number of aromatic nitrogens is 3. The number of nitrogens with one attached hydrogen (secondary N) is 2. The van der Waals surface area contributed by atoms with Crippen LogP contribution in [0.15, 0.2) is 45.6 Å². The highest BCUT2D eigenvalue weighted by atomic mass is 16.5. The molecule has 0 spiro atoms. The molecule has 2 N–H and O–H groups in total. The van der Waals surface area contributed by atoms with Gasteiger partial charge in [0.15, 0.2) is 11.6 Å². The van der Waals surface area contributed by atoms with E-state index in [0.717, 1.165) is 0 Å². The van der Waals surface area contributed by atoms with Crippen molar-refractivity contribution in [3.05, 3.63) is 53.6 Å². The lowest BCUT2D eigenvalue weighted by Crippen LogP contribution is -2.24. The van der Waals surface area contributed by atoms with E-state index in [-0.39, 0.29) is 17.6 Å². The van der Waals surface area contributed by atoms with Crippen LogP contribution in [0.3, 0.4) is 0 Å². The Bertz CT molecular complexity index is 1140. The third kappa shape index (κ3) is 2.46. The lowest BCUT2D eigenvalue weighted by molar-refractivity contribution is 0.328. The third-order valence-electron chi connectivity index (χ3n) is 3.96. The van der Waals surface area contributed by atoms with E-state index in [0.29, 0.717) is 40.9 Å². The van der Waals surface area contributed by atoms with Crippen LogP contribution >= 0.6 is 0 Å². The van der Waals surface area contributed by atoms with Gasteiger partial charge in [-0.15, -0.1) is 0 Å². The molecule has 4 heterocycles. The van der Waals surface area contributed by atoms with E-state index < -0.39 is 0 Å². The monoisotopic (exact) mass is 349 g/mol. The molecule has 4 rings (SSSR count). The maximum atomic E-state index is 9.55. The number of ether oxygens (including phenoxy) is 1. The fraction of sp³-hybridized carbons (Fsp3) is 0.167. The van der Waals surface area contributed by atoms with E-state index >= 15 is 0 Å². The van der Waals surface area contributed by atoms with Crippen molar-refractivity contribution in [3.8, 4) is 23.5 Å². The molecule has 8 heteroatoms. The minimum absolute atomic E-state index is 0.122. The van der Waals surface area contributed by atoms with Crippen LogP contribution in [0.25, 0.3) is 22.6 Å². The van der Waals surface area contributed by atoms with E-state index in [4.69, 9.17) is 19.0 Å². The topological polar surface area (TPSA) is 117 Å². The molecular weight excluding hydrogens is 334 g/mol. The summed E-state index contributed by atoms with van der Waals surface area (Å²) in [6.45, 7) is 2.50. The van der Waals surface area contributed by atoms with Crippen molar-refractivity contribution in [3.63, 3.8) is 0 Å². The van der Waals surface area contributed by atoms with Gasteiger partial charge in [0, 0.05) is 0 Å².